The summed E-state index contributed by atoms with van der Waals surface area (Å²) in [4.78, 5) is 19.6. The number of carbonyl (C=O) groups is 1. The number of halogens is 2. The standard InChI is InChI=1S/C26H24Cl2N2OS2/c27-18-2-1-3-19(28)23(18)24-30(22(31)13-32-24)25-29-20-5-4-17(9-21(20)33-25)26-10-14-6-15(11-26)8-16(7-14)12-26/h1-5,9,14-16,24H,6-8,10-13H2. The number of amides is 1. The largest absolute Gasteiger partial charge is 0.273 e. The summed E-state index contributed by atoms with van der Waals surface area (Å²) in [5, 5.41) is 1.67. The highest BCUT2D eigenvalue weighted by Crippen LogP contribution is 2.61. The number of carbonyl (C=O) groups excluding carboxylic acids is 1. The molecule has 5 fully saturated rings. The van der Waals surface area contributed by atoms with Gasteiger partial charge in [-0.05, 0) is 91.5 Å². The lowest BCUT2D eigenvalue weighted by atomic mass is 9.48. The van der Waals surface area contributed by atoms with Crippen LogP contribution in [0.3, 0.4) is 0 Å². The van der Waals surface area contributed by atoms with Gasteiger partial charge in [-0.25, -0.2) is 4.98 Å². The van der Waals surface area contributed by atoms with Crippen molar-refractivity contribution in [2.24, 2.45) is 17.8 Å². The Hall–Kier alpha value is -1.27. The average Bonchev–Trinajstić information content (AvgIpc) is 3.35. The summed E-state index contributed by atoms with van der Waals surface area (Å²) in [5.74, 6) is 3.22. The summed E-state index contributed by atoms with van der Waals surface area (Å²) in [6, 6.07) is 12.4. The third-order valence-corrected chi connectivity index (χ3v) is 11.2. The summed E-state index contributed by atoms with van der Waals surface area (Å²) in [6.45, 7) is 0. The Kier molecular flexibility index (Phi) is 4.86. The topological polar surface area (TPSA) is 33.2 Å². The highest BCUT2D eigenvalue weighted by Gasteiger charge is 2.51. The van der Waals surface area contributed by atoms with E-state index in [0.29, 0.717) is 21.2 Å². The van der Waals surface area contributed by atoms with Crippen molar-refractivity contribution in [3.63, 3.8) is 0 Å². The van der Waals surface area contributed by atoms with E-state index in [0.717, 1.165) is 34.0 Å². The number of thioether (sulfide) groups is 1. The minimum absolute atomic E-state index is 0.0568. The number of nitrogens with zero attached hydrogens (tertiary/aromatic N) is 2. The first-order valence-corrected chi connectivity index (χ1v) is 14.4. The number of rotatable bonds is 3. The number of anilines is 1. The lowest BCUT2D eigenvalue weighted by molar-refractivity contribution is -0.115. The van der Waals surface area contributed by atoms with E-state index in [9.17, 15) is 4.79 Å². The summed E-state index contributed by atoms with van der Waals surface area (Å²) in [7, 11) is 0. The van der Waals surface area contributed by atoms with E-state index >= 15 is 0 Å². The van der Waals surface area contributed by atoms with Gasteiger partial charge in [0.1, 0.15) is 5.37 Å². The fourth-order valence-electron chi connectivity index (χ4n) is 7.40. The van der Waals surface area contributed by atoms with Gasteiger partial charge in [-0.3, -0.25) is 9.69 Å². The maximum absolute atomic E-state index is 12.9. The monoisotopic (exact) mass is 514 g/mol. The number of fused-ring (bicyclic) bond motifs is 1. The van der Waals surface area contributed by atoms with E-state index in [-0.39, 0.29) is 11.3 Å². The van der Waals surface area contributed by atoms with Crippen LogP contribution in [-0.2, 0) is 10.2 Å². The Labute approximate surface area is 211 Å². The Bertz CT molecular complexity index is 1230. The van der Waals surface area contributed by atoms with Gasteiger partial charge < -0.3 is 0 Å². The first-order valence-electron chi connectivity index (χ1n) is 11.8. The second kappa shape index (κ2) is 7.61. The van der Waals surface area contributed by atoms with Gasteiger partial charge in [-0.1, -0.05) is 46.7 Å². The van der Waals surface area contributed by atoms with Gasteiger partial charge in [0, 0.05) is 15.6 Å². The molecule has 1 saturated heterocycles. The molecule has 4 aliphatic carbocycles. The molecule has 1 unspecified atom stereocenters. The molecule has 33 heavy (non-hydrogen) atoms. The maximum Gasteiger partial charge on any atom is 0.240 e. The van der Waals surface area contributed by atoms with Crippen LogP contribution in [0.25, 0.3) is 10.2 Å². The van der Waals surface area contributed by atoms with E-state index in [1.54, 1.807) is 28.0 Å². The molecule has 1 atom stereocenters. The number of thiazole rings is 1. The maximum atomic E-state index is 12.9. The van der Waals surface area contributed by atoms with Crippen LogP contribution in [0, 0.1) is 17.8 Å². The number of benzene rings is 2. The van der Waals surface area contributed by atoms with Gasteiger partial charge in [-0.2, -0.15) is 0 Å². The molecule has 1 aromatic heterocycles. The number of hydrogen-bond acceptors (Lipinski definition) is 4. The first kappa shape index (κ1) is 21.0. The molecule has 1 amide bonds. The second-order valence-electron chi connectivity index (χ2n) is 10.4. The van der Waals surface area contributed by atoms with E-state index in [4.69, 9.17) is 28.2 Å². The zero-order valence-corrected chi connectivity index (χ0v) is 21.2. The van der Waals surface area contributed by atoms with Crippen molar-refractivity contribution < 1.29 is 4.79 Å². The van der Waals surface area contributed by atoms with Crippen LogP contribution in [0.4, 0.5) is 5.13 Å². The predicted molar refractivity (Wildman–Crippen MR) is 139 cm³/mol. The van der Waals surface area contributed by atoms with Crippen LogP contribution in [0.1, 0.15) is 55.0 Å². The minimum atomic E-state index is -0.248. The van der Waals surface area contributed by atoms with E-state index < -0.39 is 0 Å². The molecule has 4 saturated carbocycles. The SMILES string of the molecule is O=C1CSC(c2c(Cl)cccc2Cl)N1c1nc2ccc(C34CC5CC(CC(C5)C3)C4)cc2s1. The molecule has 0 spiro atoms. The van der Waals surface area contributed by atoms with Gasteiger partial charge in [0.15, 0.2) is 5.13 Å². The van der Waals surface area contributed by atoms with Crippen LogP contribution in [0.15, 0.2) is 36.4 Å². The molecule has 3 aromatic rings. The zero-order chi connectivity index (χ0) is 22.3. The molecule has 3 nitrogen and oxygen atoms in total. The van der Waals surface area contributed by atoms with Crippen molar-refractivity contribution in [2.75, 3.05) is 10.7 Å². The lowest BCUT2D eigenvalue weighted by Crippen LogP contribution is -2.48. The van der Waals surface area contributed by atoms with Gasteiger partial charge in [-0.15, -0.1) is 11.8 Å². The fourth-order valence-corrected chi connectivity index (χ4v) is 10.5. The Morgan fingerprint density at radius 3 is 2.30 bits per heavy atom. The third-order valence-electron chi connectivity index (χ3n) is 8.35. The molecule has 0 radical (unpaired) electrons. The molecule has 170 valence electrons. The zero-order valence-electron chi connectivity index (χ0n) is 18.1. The molecule has 4 bridgehead atoms. The molecule has 5 aliphatic rings. The smallest absolute Gasteiger partial charge is 0.240 e. The van der Waals surface area contributed by atoms with Crippen molar-refractivity contribution >= 4 is 67.6 Å². The van der Waals surface area contributed by atoms with E-state index in [1.807, 2.05) is 18.2 Å². The summed E-state index contributed by atoms with van der Waals surface area (Å²) in [6.07, 6.45) is 8.41. The molecular formula is C26H24Cl2N2OS2. The Balaban J connectivity index is 1.27. The fraction of sp³-hybridized carbons (Fsp3) is 0.462. The molecule has 2 heterocycles. The summed E-state index contributed by atoms with van der Waals surface area (Å²) in [5.41, 5.74) is 3.62. The van der Waals surface area contributed by atoms with Gasteiger partial charge in [0.25, 0.3) is 0 Å². The normalized spacial score (nSPS) is 32.9. The van der Waals surface area contributed by atoms with E-state index in [1.165, 1.54) is 48.8 Å². The molecule has 7 heteroatoms. The third kappa shape index (κ3) is 3.30. The Morgan fingerprint density at radius 2 is 1.64 bits per heavy atom. The molecule has 8 rings (SSSR count). The van der Waals surface area contributed by atoms with Gasteiger partial charge in [0.2, 0.25) is 5.91 Å². The highest BCUT2D eigenvalue weighted by atomic mass is 35.5. The van der Waals surface area contributed by atoms with Crippen molar-refractivity contribution in [1.82, 2.24) is 4.98 Å². The van der Waals surface area contributed by atoms with Crippen molar-refractivity contribution in [3.8, 4) is 0 Å². The lowest BCUT2D eigenvalue weighted by Gasteiger charge is -2.57. The molecule has 2 aromatic carbocycles. The Morgan fingerprint density at radius 1 is 0.970 bits per heavy atom. The van der Waals surface area contributed by atoms with E-state index in [2.05, 4.69) is 18.2 Å². The van der Waals surface area contributed by atoms with Crippen LogP contribution in [0.2, 0.25) is 10.0 Å². The quantitative estimate of drug-likeness (QED) is 0.356. The highest BCUT2D eigenvalue weighted by molar-refractivity contribution is 8.00. The molecule has 0 N–H and O–H groups in total. The summed E-state index contributed by atoms with van der Waals surface area (Å²) >= 11 is 16.2. The number of aromatic nitrogens is 1. The van der Waals surface area contributed by atoms with Crippen molar-refractivity contribution in [2.45, 2.75) is 49.3 Å². The molecule has 1 aliphatic heterocycles. The predicted octanol–water partition coefficient (Wildman–Crippen LogP) is 7.85. The average molecular weight is 516 g/mol. The van der Waals surface area contributed by atoms with Crippen LogP contribution in [-0.4, -0.2) is 16.6 Å². The molecular weight excluding hydrogens is 491 g/mol. The van der Waals surface area contributed by atoms with Crippen LogP contribution < -0.4 is 4.90 Å². The second-order valence-corrected chi connectivity index (χ2v) is 13.3. The van der Waals surface area contributed by atoms with Gasteiger partial charge in [0.05, 0.1) is 16.0 Å². The minimum Gasteiger partial charge on any atom is -0.273 e. The van der Waals surface area contributed by atoms with Crippen LogP contribution in [0.5, 0.6) is 0 Å². The van der Waals surface area contributed by atoms with Crippen LogP contribution >= 0.6 is 46.3 Å². The van der Waals surface area contributed by atoms with Gasteiger partial charge >= 0.3 is 0 Å². The first-order chi connectivity index (χ1) is 16.0. The summed E-state index contributed by atoms with van der Waals surface area (Å²) < 4.78 is 1.17. The number of hydrogen-bond donors (Lipinski definition) is 0. The van der Waals surface area contributed by atoms with Crippen molar-refractivity contribution in [1.29, 1.82) is 0 Å². The van der Waals surface area contributed by atoms with Crippen molar-refractivity contribution in [3.05, 3.63) is 57.6 Å².